The van der Waals surface area contributed by atoms with E-state index in [1.807, 2.05) is 25.1 Å². The lowest BCUT2D eigenvalue weighted by molar-refractivity contribution is 0.479. The summed E-state index contributed by atoms with van der Waals surface area (Å²) in [7, 11) is 0. The molecule has 2 rings (SSSR count). The molecule has 1 aromatic carbocycles. The van der Waals surface area contributed by atoms with Crippen molar-refractivity contribution in [3.8, 4) is 5.75 Å². The number of phenolic OH excluding ortho intramolecular Hbond substituents is 1. The molecule has 78 valence electrons. The van der Waals surface area contributed by atoms with Gasteiger partial charge in [-0.05, 0) is 36.6 Å². The third kappa shape index (κ3) is 1.80. The second kappa shape index (κ2) is 3.54. The molecule has 2 heteroatoms. The molecular weight excluding hydrogens is 186 g/mol. The van der Waals surface area contributed by atoms with Crippen LogP contribution in [0.2, 0.25) is 0 Å². The summed E-state index contributed by atoms with van der Waals surface area (Å²) in [5, 5.41) is 10.8. The first-order chi connectivity index (χ1) is 7.08. The summed E-state index contributed by atoms with van der Waals surface area (Å²) in [4.78, 5) is 4.47. The van der Waals surface area contributed by atoms with E-state index < -0.39 is 0 Å². The molecule has 0 bridgehead atoms. The van der Waals surface area contributed by atoms with Crippen LogP contribution in [0.15, 0.2) is 24.3 Å². The smallest absolute Gasteiger partial charge is 0.142 e. The average Bonchev–Trinajstić information content (AvgIpc) is 2.16. The largest absolute Gasteiger partial charge is 0.506 e. The van der Waals surface area contributed by atoms with Crippen molar-refractivity contribution in [2.24, 2.45) is 0 Å². The number of benzene rings is 1. The summed E-state index contributed by atoms with van der Waals surface area (Å²) in [6.45, 7) is 6.16. The van der Waals surface area contributed by atoms with Crippen LogP contribution >= 0.6 is 0 Å². The molecule has 0 amide bonds. The van der Waals surface area contributed by atoms with Crippen molar-refractivity contribution in [2.45, 2.75) is 26.7 Å². The zero-order valence-corrected chi connectivity index (χ0v) is 9.28. The highest BCUT2D eigenvalue weighted by Gasteiger charge is 2.06. The molecule has 1 N–H and O–H groups in total. The van der Waals surface area contributed by atoms with Crippen LogP contribution in [0.1, 0.15) is 31.0 Å². The van der Waals surface area contributed by atoms with Crippen molar-refractivity contribution < 1.29 is 5.11 Å². The molecule has 0 fully saturated rings. The predicted octanol–water partition coefficient (Wildman–Crippen LogP) is 3.37. The molecule has 0 saturated carbocycles. The van der Waals surface area contributed by atoms with Crippen molar-refractivity contribution in [3.63, 3.8) is 0 Å². The zero-order valence-electron chi connectivity index (χ0n) is 9.28. The Morgan fingerprint density at radius 2 is 1.93 bits per heavy atom. The molecule has 2 aromatic rings. The van der Waals surface area contributed by atoms with Crippen LogP contribution in [0.3, 0.4) is 0 Å². The van der Waals surface area contributed by atoms with Gasteiger partial charge in [-0.15, -0.1) is 0 Å². The number of pyridine rings is 1. The normalized spacial score (nSPS) is 11.2. The molecule has 0 aliphatic carbocycles. The Balaban J connectivity index is 2.71. The molecule has 0 spiro atoms. The minimum Gasteiger partial charge on any atom is -0.506 e. The van der Waals surface area contributed by atoms with Crippen LogP contribution in [0.4, 0.5) is 0 Å². The summed E-state index contributed by atoms with van der Waals surface area (Å²) in [5.74, 6) is 0.655. The summed E-state index contributed by atoms with van der Waals surface area (Å²) >= 11 is 0. The van der Waals surface area contributed by atoms with Crippen LogP contribution in [0.25, 0.3) is 10.9 Å². The number of aryl methyl sites for hydroxylation is 1. The number of nitrogens with zero attached hydrogens (tertiary/aromatic N) is 1. The first kappa shape index (κ1) is 9.97. The van der Waals surface area contributed by atoms with Crippen molar-refractivity contribution in [1.29, 1.82) is 0 Å². The lowest BCUT2D eigenvalue weighted by Crippen LogP contribution is -1.93. The number of fused-ring (bicyclic) bond motifs is 1. The van der Waals surface area contributed by atoms with Gasteiger partial charge in [0.05, 0.1) is 0 Å². The van der Waals surface area contributed by atoms with E-state index >= 15 is 0 Å². The first-order valence-electron chi connectivity index (χ1n) is 5.18. The molecule has 0 aliphatic rings. The Bertz CT molecular complexity index is 503. The van der Waals surface area contributed by atoms with Gasteiger partial charge in [0.2, 0.25) is 0 Å². The fourth-order valence-corrected chi connectivity index (χ4v) is 1.70. The van der Waals surface area contributed by atoms with E-state index in [1.165, 1.54) is 0 Å². The minimum absolute atomic E-state index is 0.271. The Hall–Kier alpha value is -1.57. The Morgan fingerprint density at radius 1 is 1.20 bits per heavy atom. The van der Waals surface area contributed by atoms with Gasteiger partial charge in [0, 0.05) is 11.1 Å². The van der Waals surface area contributed by atoms with Gasteiger partial charge in [0.1, 0.15) is 11.3 Å². The van der Waals surface area contributed by atoms with E-state index in [-0.39, 0.29) is 5.75 Å². The average molecular weight is 201 g/mol. The molecule has 1 aromatic heterocycles. The van der Waals surface area contributed by atoms with E-state index in [0.717, 1.165) is 16.6 Å². The van der Waals surface area contributed by atoms with Gasteiger partial charge >= 0.3 is 0 Å². The fourth-order valence-electron chi connectivity index (χ4n) is 1.70. The van der Waals surface area contributed by atoms with Crippen LogP contribution < -0.4 is 0 Å². The van der Waals surface area contributed by atoms with Gasteiger partial charge in [-0.2, -0.15) is 0 Å². The highest BCUT2D eigenvalue weighted by molar-refractivity contribution is 5.85. The van der Waals surface area contributed by atoms with Gasteiger partial charge in [0.15, 0.2) is 0 Å². The molecule has 0 unspecified atom stereocenters. The van der Waals surface area contributed by atoms with Crippen molar-refractivity contribution in [3.05, 3.63) is 35.5 Å². The molecule has 0 saturated heterocycles. The molecular formula is C13H15NO. The van der Waals surface area contributed by atoms with E-state index in [1.54, 1.807) is 6.07 Å². The van der Waals surface area contributed by atoms with Crippen molar-refractivity contribution in [2.75, 3.05) is 0 Å². The van der Waals surface area contributed by atoms with Gasteiger partial charge in [0.25, 0.3) is 0 Å². The van der Waals surface area contributed by atoms with E-state index in [0.29, 0.717) is 11.4 Å². The van der Waals surface area contributed by atoms with Crippen molar-refractivity contribution >= 4 is 10.9 Å². The monoisotopic (exact) mass is 201 g/mol. The second-order valence-corrected chi connectivity index (χ2v) is 4.25. The third-order valence-corrected chi connectivity index (χ3v) is 2.53. The standard InChI is InChI=1S/C13H15NO/c1-8(2)11-5-4-10-6-9(3)7-12(15)13(10)14-11/h4-8,15H,1-3H3. The molecule has 1 heterocycles. The Labute approximate surface area is 89.6 Å². The van der Waals surface area contributed by atoms with E-state index in [9.17, 15) is 5.11 Å². The number of rotatable bonds is 1. The number of aromatic hydroxyl groups is 1. The van der Waals surface area contributed by atoms with Gasteiger partial charge in [-0.25, -0.2) is 4.98 Å². The lowest BCUT2D eigenvalue weighted by atomic mass is 10.1. The minimum atomic E-state index is 0.271. The second-order valence-electron chi connectivity index (χ2n) is 4.25. The lowest BCUT2D eigenvalue weighted by Gasteiger charge is -2.07. The maximum Gasteiger partial charge on any atom is 0.142 e. The van der Waals surface area contributed by atoms with Gasteiger partial charge < -0.3 is 5.11 Å². The highest BCUT2D eigenvalue weighted by Crippen LogP contribution is 2.26. The van der Waals surface area contributed by atoms with Gasteiger partial charge in [-0.3, -0.25) is 0 Å². The fraction of sp³-hybridized carbons (Fsp3) is 0.308. The topological polar surface area (TPSA) is 33.1 Å². The summed E-state index contributed by atoms with van der Waals surface area (Å²) in [6, 6.07) is 7.82. The van der Waals surface area contributed by atoms with Crippen LogP contribution in [-0.2, 0) is 0 Å². The maximum absolute atomic E-state index is 9.80. The van der Waals surface area contributed by atoms with Crippen LogP contribution in [0.5, 0.6) is 5.75 Å². The van der Waals surface area contributed by atoms with Crippen molar-refractivity contribution in [1.82, 2.24) is 4.98 Å². The van der Waals surface area contributed by atoms with Gasteiger partial charge in [-0.1, -0.05) is 19.9 Å². The molecule has 0 radical (unpaired) electrons. The molecule has 15 heavy (non-hydrogen) atoms. The number of hydrogen-bond acceptors (Lipinski definition) is 2. The zero-order chi connectivity index (χ0) is 11.0. The van der Waals surface area contributed by atoms with E-state index in [4.69, 9.17) is 0 Å². The number of hydrogen-bond donors (Lipinski definition) is 1. The predicted molar refractivity (Wildman–Crippen MR) is 62.2 cm³/mol. The first-order valence-corrected chi connectivity index (χ1v) is 5.18. The third-order valence-electron chi connectivity index (χ3n) is 2.53. The number of phenols is 1. The molecule has 0 aliphatic heterocycles. The summed E-state index contributed by atoms with van der Waals surface area (Å²) < 4.78 is 0. The number of aromatic nitrogens is 1. The molecule has 2 nitrogen and oxygen atoms in total. The SMILES string of the molecule is Cc1cc(O)c2nc(C(C)C)ccc2c1. The Kier molecular flexibility index (Phi) is 2.35. The highest BCUT2D eigenvalue weighted by atomic mass is 16.3. The van der Waals surface area contributed by atoms with Crippen LogP contribution in [0, 0.1) is 6.92 Å². The summed E-state index contributed by atoms with van der Waals surface area (Å²) in [5.41, 5.74) is 2.77. The maximum atomic E-state index is 9.80. The van der Waals surface area contributed by atoms with Crippen LogP contribution in [-0.4, -0.2) is 10.1 Å². The quantitative estimate of drug-likeness (QED) is 0.767. The Morgan fingerprint density at radius 3 is 2.60 bits per heavy atom. The molecule has 0 atom stereocenters. The summed E-state index contributed by atoms with van der Waals surface area (Å²) in [6.07, 6.45) is 0. The van der Waals surface area contributed by atoms with E-state index in [2.05, 4.69) is 18.8 Å².